The van der Waals surface area contributed by atoms with E-state index in [1.807, 2.05) is 0 Å². The monoisotopic (exact) mass is 216 g/mol. The van der Waals surface area contributed by atoms with E-state index >= 15 is 0 Å². The Hall–Kier alpha value is -0.903. The second-order valence-corrected chi connectivity index (χ2v) is 4.56. The van der Waals surface area contributed by atoms with Crippen molar-refractivity contribution in [3.63, 3.8) is 0 Å². The Morgan fingerprint density at radius 2 is 2.00 bits per heavy atom. The molecule has 4 heteroatoms. The molecule has 0 saturated carbocycles. The summed E-state index contributed by atoms with van der Waals surface area (Å²) in [7, 11) is -2.12. The lowest BCUT2D eigenvalue weighted by Gasteiger charge is -2.15. The summed E-state index contributed by atoms with van der Waals surface area (Å²) in [5, 5.41) is 0. The quantitative estimate of drug-likeness (QED) is 0.555. The molecule has 0 saturated heterocycles. The molecule has 0 heterocycles. The molecule has 1 rings (SSSR count). The van der Waals surface area contributed by atoms with Gasteiger partial charge in [-0.25, -0.2) is 0 Å². The van der Waals surface area contributed by atoms with E-state index in [1.54, 1.807) is 31.2 Å². The summed E-state index contributed by atoms with van der Waals surface area (Å²) < 4.78 is 30.6. The van der Waals surface area contributed by atoms with Gasteiger partial charge < -0.3 is 4.74 Å². The van der Waals surface area contributed by atoms with Crippen LogP contribution in [0.25, 0.3) is 0 Å². The van der Waals surface area contributed by atoms with Gasteiger partial charge in [-0.3, -0.25) is 8.22 Å². The standard InChI is InChI=1S/C10H14F2OSi/c1-3-10(14(11)12)8-6-4-5-7-9(8)13-2/h4-7,10,14H,3H2,1-2H3. The molecule has 78 valence electrons. The summed E-state index contributed by atoms with van der Waals surface area (Å²) in [4.78, 5) is 0. The molecule has 0 bridgehead atoms. The van der Waals surface area contributed by atoms with Crippen molar-refractivity contribution >= 4 is 9.46 Å². The highest BCUT2D eigenvalue weighted by atomic mass is 28.4. The fraction of sp³-hybridized carbons (Fsp3) is 0.400. The summed E-state index contributed by atoms with van der Waals surface area (Å²) in [5.41, 5.74) is 0.0605. The molecule has 1 atom stereocenters. The van der Waals surface area contributed by atoms with Crippen LogP contribution in [0.4, 0.5) is 8.22 Å². The third kappa shape index (κ3) is 2.32. The Morgan fingerprint density at radius 3 is 2.50 bits per heavy atom. The highest BCUT2D eigenvalue weighted by Crippen LogP contribution is 2.31. The van der Waals surface area contributed by atoms with Crippen LogP contribution in [-0.2, 0) is 0 Å². The molecule has 1 nitrogen and oxygen atoms in total. The maximum atomic E-state index is 12.8. The van der Waals surface area contributed by atoms with Crippen LogP contribution in [0, 0.1) is 0 Å². The predicted molar refractivity (Wildman–Crippen MR) is 55.4 cm³/mol. The lowest BCUT2D eigenvalue weighted by Crippen LogP contribution is -2.13. The summed E-state index contributed by atoms with van der Waals surface area (Å²) in [6, 6.07) is 7.03. The van der Waals surface area contributed by atoms with Gasteiger partial charge in [0.2, 0.25) is 0 Å². The minimum Gasteiger partial charge on any atom is -0.496 e. The number of methoxy groups -OCH3 is 1. The largest absolute Gasteiger partial charge is 0.496 e. The molecule has 0 spiro atoms. The van der Waals surface area contributed by atoms with Crippen molar-refractivity contribution < 1.29 is 13.0 Å². The van der Waals surface area contributed by atoms with E-state index in [-0.39, 0.29) is 0 Å². The van der Waals surface area contributed by atoms with E-state index in [0.29, 0.717) is 17.7 Å². The van der Waals surface area contributed by atoms with Gasteiger partial charge in [0.1, 0.15) is 5.75 Å². The number of ether oxygens (including phenoxy) is 1. The van der Waals surface area contributed by atoms with Gasteiger partial charge >= 0.3 is 9.46 Å². The van der Waals surface area contributed by atoms with Gasteiger partial charge in [0.05, 0.1) is 7.11 Å². The van der Waals surface area contributed by atoms with Crippen molar-refractivity contribution in [3.8, 4) is 5.75 Å². The first-order valence-electron chi connectivity index (χ1n) is 4.61. The number of benzene rings is 1. The number of rotatable bonds is 4. The summed E-state index contributed by atoms with van der Waals surface area (Å²) in [6.45, 7) is 1.79. The van der Waals surface area contributed by atoms with Gasteiger partial charge in [0.25, 0.3) is 0 Å². The third-order valence-corrected chi connectivity index (χ3v) is 3.72. The number of halogens is 2. The Labute approximate surface area is 84.7 Å². The first-order valence-corrected chi connectivity index (χ1v) is 6.15. The summed E-state index contributed by atoms with van der Waals surface area (Å²) in [5.74, 6) is 0.576. The van der Waals surface area contributed by atoms with Gasteiger partial charge in [-0.15, -0.1) is 0 Å². The molecular weight excluding hydrogens is 202 g/mol. The lowest BCUT2D eigenvalue weighted by atomic mass is 10.1. The van der Waals surface area contributed by atoms with Gasteiger partial charge in [0, 0.05) is 5.54 Å². The van der Waals surface area contributed by atoms with Crippen molar-refractivity contribution in [2.24, 2.45) is 0 Å². The maximum absolute atomic E-state index is 12.8. The first kappa shape index (κ1) is 11.2. The highest BCUT2D eigenvalue weighted by molar-refractivity contribution is 6.45. The topological polar surface area (TPSA) is 9.23 Å². The summed E-state index contributed by atoms with van der Waals surface area (Å²) in [6.07, 6.45) is 0.476. The zero-order chi connectivity index (χ0) is 10.6. The van der Waals surface area contributed by atoms with E-state index in [4.69, 9.17) is 4.74 Å². The Kier molecular flexibility index (Phi) is 4.07. The van der Waals surface area contributed by atoms with Crippen LogP contribution in [-0.4, -0.2) is 16.6 Å². The minimum absolute atomic E-state index is 0.476. The molecule has 0 radical (unpaired) electrons. The van der Waals surface area contributed by atoms with E-state index < -0.39 is 15.0 Å². The van der Waals surface area contributed by atoms with Crippen LogP contribution in [0.1, 0.15) is 24.4 Å². The van der Waals surface area contributed by atoms with E-state index in [0.717, 1.165) is 0 Å². The van der Waals surface area contributed by atoms with Crippen LogP contribution in [0.5, 0.6) is 5.75 Å². The van der Waals surface area contributed by atoms with E-state index in [2.05, 4.69) is 0 Å². The molecule has 0 aromatic heterocycles. The van der Waals surface area contributed by atoms with Crippen molar-refractivity contribution in [2.75, 3.05) is 7.11 Å². The van der Waals surface area contributed by atoms with Gasteiger partial charge in [-0.05, 0) is 18.1 Å². The van der Waals surface area contributed by atoms with Gasteiger partial charge in [0.15, 0.2) is 0 Å². The molecule has 1 aromatic rings. The van der Waals surface area contributed by atoms with Crippen molar-refractivity contribution in [2.45, 2.75) is 18.9 Å². The molecule has 0 N–H and O–H groups in total. The molecule has 1 unspecified atom stereocenters. The fourth-order valence-electron chi connectivity index (χ4n) is 1.51. The SMILES string of the molecule is CCC(c1ccccc1OC)[SiH](F)F. The van der Waals surface area contributed by atoms with Gasteiger partial charge in [-0.2, -0.15) is 0 Å². The van der Waals surface area contributed by atoms with Crippen molar-refractivity contribution in [3.05, 3.63) is 29.8 Å². The predicted octanol–water partition coefficient (Wildman–Crippen LogP) is 2.89. The Balaban J connectivity index is 3.02. The number of hydrogen-bond donors (Lipinski definition) is 0. The lowest BCUT2D eigenvalue weighted by molar-refractivity contribution is 0.407. The normalized spacial score (nSPS) is 12.9. The molecule has 14 heavy (non-hydrogen) atoms. The molecule has 0 amide bonds. The van der Waals surface area contributed by atoms with Gasteiger partial charge in [-0.1, -0.05) is 25.1 Å². The Bertz CT molecular complexity index is 291. The fourth-order valence-corrected chi connectivity index (χ4v) is 2.41. The maximum Gasteiger partial charge on any atom is 0.418 e. The number of hydrogen-bond acceptors (Lipinski definition) is 1. The van der Waals surface area contributed by atoms with Crippen molar-refractivity contribution in [1.29, 1.82) is 0 Å². The first-order chi connectivity index (χ1) is 6.70. The zero-order valence-corrected chi connectivity index (χ0v) is 9.49. The van der Waals surface area contributed by atoms with Crippen LogP contribution in [0.15, 0.2) is 24.3 Å². The second kappa shape index (κ2) is 5.10. The van der Waals surface area contributed by atoms with Crippen LogP contribution >= 0.6 is 0 Å². The van der Waals surface area contributed by atoms with Crippen LogP contribution < -0.4 is 4.74 Å². The molecule has 0 aliphatic rings. The average Bonchev–Trinajstić information content (AvgIpc) is 2.19. The molecule has 0 aliphatic heterocycles. The van der Waals surface area contributed by atoms with Crippen LogP contribution in [0.2, 0.25) is 0 Å². The van der Waals surface area contributed by atoms with Crippen LogP contribution in [0.3, 0.4) is 0 Å². The molecule has 1 aromatic carbocycles. The Morgan fingerprint density at radius 1 is 1.36 bits per heavy atom. The smallest absolute Gasteiger partial charge is 0.418 e. The second-order valence-electron chi connectivity index (χ2n) is 3.09. The highest BCUT2D eigenvalue weighted by Gasteiger charge is 2.26. The molecule has 0 aliphatic carbocycles. The minimum atomic E-state index is -3.63. The van der Waals surface area contributed by atoms with E-state index in [1.165, 1.54) is 7.11 Å². The zero-order valence-electron chi connectivity index (χ0n) is 8.34. The van der Waals surface area contributed by atoms with E-state index in [9.17, 15) is 8.22 Å². The number of para-hydroxylation sites is 1. The van der Waals surface area contributed by atoms with Crippen molar-refractivity contribution in [1.82, 2.24) is 0 Å². The summed E-state index contributed by atoms with van der Waals surface area (Å²) >= 11 is 0. The molecular formula is C10H14F2OSi. The third-order valence-electron chi connectivity index (χ3n) is 2.28. The average molecular weight is 216 g/mol. The molecule has 0 fully saturated rings.